The van der Waals surface area contributed by atoms with Crippen molar-refractivity contribution in [3.8, 4) is 0 Å². The van der Waals surface area contributed by atoms with E-state index in [9.17, 15) is 0 Å². The molecule has 0 spiro atoms. The summed E-state index contributed by atoms with van der Waals surface area (Å²) in [4.78, 5) is 32.0. The molecule has 192 valence electrons. The number of aromatic nitrogens is 8. The minimum absolute atomic E-state index is 0.0170. The van der Waals surface area contributed by atoms with E-state index in [4.69, 9.17) is 9.97 Å². The topological polar surface area (TPSA) is 121 Å². The van der Waals surface area contributed by atoms with Crippen LogP contribution in [0.1, 0.15) is 23.5 Å². The highest BCUT2D eigenvalue weighted by Gasteiger charge is 2.24. The molecule has 9 rings (SSSR count). The lowest BCUT2D eigenvalue weighted by Crippen LogP contribution is -2.10. The monoisotopic (exact) mass is 520 g/mol. The largest absolute Gasteiger partial charge is 0.329 e. The summed E-state index contributed by atoms with van der Waals surface area (Å²) in [6.07, 6.45) is 16.9. The van der Waals surface area contributed by atoms with Crippen molar-refractivity contribution in [2.24, 2.45) is 0 Å². The van der Waals surface area contributed by atoms with Crippen molar-refractivity contribution in [3.63, 3.8) is 0 Å². The van der Waals surface area contributed by atoms with Gasteiger partial charge in [0.05, 0.1) is 11.8 Å². The van der Waals surface area contributed by atoms with Gasteiger partial charge in [0.2, 0.25) is 0 Å². The highest BCUT2D eigenvalue weighted by molar-refractivity contribution is 6.05. The van der Waals surface area contributed by atoms with Crippen molar-refractivity contribution in [3.05, 3.63) is 120 Å². The molecule has 3 aromatic heterocycles. The average Bonchev–Trinajstić information content (AvgIpc) is 3.73. The van der Waals surface area contributed by atoms with Gasteiger partial charge in [0.1, 0.15) is 45.2 Å². The Morgan fingerprint density at radius 2 is 0.950 bits per heavy atom. The van der Waals surface area contributed by atoms with Crippen LogP contribution in [0.4, 0.5) is 0 Å². The number of hydrogen-bond donors (Lipinski definition) is 6. The fourth-order valence-corrected chi connectivity index (χ4v) is 6.18. The molecular weight excluding hydrogens is 496 g/mol. The van der Waals surface area contributed by atoms with Crippen molar-refractivity contribution in [1.82, 2.24) is 39.9 Å². The molecule has 0 amide bonds. The van der Waals surface area contributed by atoms with Crippen molar-refractivity contribution in [2.45, 2.75) is 11.8 Å². The Hall–Kier alpha value is -5.50. The number of H-pyrrole nitrogens is 6. The van der Waals surface area contributed by atoms with Crippen molar-refractivity contribution in [1.29, 1.82) is 0 Å². The van der Waals surface area contributed by atoms with Crippen LogP contribution < -0.4 is 11.0 Å². The Morgan fingerprint density at radius 1 is 0.475 bits per heavy atom. The number of hydrogen-bond acceptors (Lipinski definition) is 2. The molecule has 0 fully saturated rings. The van der Waals surface area contributed by atoms with Gasteiger partial charge in [-0.1, -0.05) is 97.1 Å². The third kappa shape index (κ3) is 3.07. The lowest BCUT2D eigenvalue weighted by molar-refractivity contribution is 0.965. The quantitative estimate of drug-likeness (QED) is 0.169. The fraction of sp³-hybridized carbons (Fsp3) is 0.0625. The van der Waals surface area contributed by atoms with Gasteiger partial charge in [0, 0.05) is 32.7 Å². The molecule has 8 nitrogen and oxygen atoms in total. The van der Waals surface area contributed by atoms with E-state index >= 15 is 0 Å². The first-order valence-corrected chi connectivity index (χ1v) is 13.4. The number of fused-ring (bicyclic) bond motifs is 18. The molecule has 0 saturated heterocycles. The zero-order valence-corrected chi connectivity index (χ0v) is 21.3. The second-order valence-electron chi connectivity index (χ2n) is 10.4. The normalized spacial score (nSPS) is 19.0. The van der Waals surface area contributed by atoms with Gasteiger partial charge in [-0.05, 0) is 0 Å². The number of nitrogens with zero attached hydrogens (tertiary/aromatic N) is 2. The van der Waals surface area contributed by atoms with Crippen molar-refractivity contribution >= 4 is 55.3 Å². The Balaban J connectivity index is 1.51. The van der Waals surface area contributed by atoms with Gasteiger partial charge in [-0.2, -0.15) is 0 Å². The summed E-state index contributed by atoms with van der Waals surface area (Å²) in [5, 5.41) is 4.24. The van der Waals surface area contributed by atoms with Crippen molar-refractivity contribution in [2.75, 3.05) is 0 Å². The van der Waals surface area contributed by atoms with E-state index in [-0.39, 0.29) is 11.8 Å². The summed E-state index contributed by atoms with van der Waals surface area (Å²) in [6.45, 7) is 0. The van der Waals surface area contributed by atoms with Crippen LogP contribution in [0.5, 0.6) is 0 Å². The van der Waals surface area contributed by atoms with Gasteiger partial charge in [0.15, 0.2) is 0 Å². The predicted octanol–water partition coefficient (Wildman–Crippen LogP) is 5.18. The SMILES string of the molecule is C1=CC2=c3[nH]c(nc4[nH]c(nc5[nH]c([nH]c6[nH]c([nH]3)c3ccccc63)=C3C=CC=CC35)c3ccccc43)C2C=C1. The van der Waals surface area contributed by atoms with Crippen LogP contribution in [0.2, 0.25) is 0 Å². The maximum Gasteiger partial charge on any atom is 0.141 e. The Morgan fingerprint density at radius 3 is 1.45 bits per heavy atom. The summed E-state index contributed by atoms with van der Waals surface area (Å²) < 4.78 is 0. The molecule has 5 aromatic rings. The van der Waals surface area contributed by atoms with Crippen LogP contribution in [-0.2, 0) is 0 Å². The first-order valence-electron chi connectivity index (χ1n) is 13.4. The number of allylic oxidation sites excluding steroid dienone is 8. The smallest absolute Gasteiger partial charge is 0.141 e. The van der Waals surface area contributed by atoms with Gasteiger partial charge in [0.25, 0.3) is 0 Å². The molecule has 2 unspecified atom stereocenters. The lowest BCUT2D eigenvalue weighted by atomic mass is 9.96. The van der Waals surface area contributed by atoms with Gasteiger partial charge >= 0.3 is 0 Å². The number of benzene rings is 2. The summed E-state index contributed by atoms with van der Waals surface area (Å²) in [5.41, 5.74) is 7.48. The van der Waals surface area contributed by atoms with E-state index in [1.807, 2.05) is 12.1 Å². The van der Waals surface area contributed by atoms with Crippen LogP contribution in [0.15, 0.2) is 97.1 Å². The summed E-state index contributed by atoms with van der Waals surface area (Å²) in [7, 11) is 0. The lowest BCUT2D eigenvalue weighted by Gasteiger charge is -2.09. The maximum atomic E-state index is 5.15. The molecule has 2 aromatic carbocycles. The highest BCUT2D eigenvalue weighted by Crippen LogP contribution is 2.32. The maximum absolute atomic E-state index is 5.15. The zero-order valence-electron chi connectivity index (χ0n) is 21.3. The Bertz CT molecular complexity index is 2190. The van der Waals surface area contributed by atoms with E-state index in [0.717, 1.165) is 77.9 Å². The summed E-state index contributed by atoms with van der Waals surface area (Å²) >= 11 is 0. The Kier molecular flexibility index (Phi) is 4.29. The van der Waals surface area contributed by atoms with Gasteiger partial charge in [-0.25, -0.2) is 9.97 Å². The fourth-order valence-electron chi connectivity index (χ4n) is 6.18. The predicted molar refractivity (Wildman–Crippen MR) is 159 cm³/mol. The third-order valence-corrected chi connectivity index (χ3v) is 8.08. The number of nitrogens with one attached hydrogen (secondary N) is 6. The second-order valence-corrected chi connectivity index (χ2v) is 10.4. The number of aromatic amines is 6. The number of rotatable bonds is 0. The molecule has 0 radical (unpaired) electrons. The second kappa shape index (κ2) is 8.00. The van der Waals surface area contributed by atoms with Crippen LogP contribution >= 0.6 is 0 Å². The van der Waals surface area contributed by atoms with Gasteiger partial charge in [-0.3, -0.25) is 0 Å². The molecule has 4 aliphatic rings. The van der Waals surface area contributed by atoms with Crippen LogP contribution in [0, 0.1) is 0 Å². The Labute approximate surface area is 226 Å². The molecular formula is C32H24N8. The van der Waals surface area contributed by atoms with E-state index < -0.39 is 0 Å². The zero-order chi connectivity index (χ0) is 26.2. The van der Waals surface area contributed by atoms with E-state index in [2.05, 4.69) is 115 Å². The van der Waals surface area contributed by atoms with Crippen LogP contribution in [0.25, 0.3) is 55.3 Å². The van der Waals surface area contributed by atoms with E-state index in [1.54, 1.807) is 0 Å². The summed E-state index contributed by atoms with van der Waals surface area (Å²) in [5.74, 6) is 1.75. The standard InChI is InChI=1S/C32H24N8/c1-2-10-18-17(9-1)25-33-26(18)38-28-21-13-5-6-14-22(21)30(35-28)40-32-24-16-8-7-15-23(24)31(36-32)39-29-20-12-4-3-11-19(20)27(34-29)37-25/h1-17,23,34-35,38,40H,(H,33,37)(H,36,39). The molecule has 6 N–H and O–H groups in total. The molecule has 8 bridgehead atoms. The van der Waals surface area contributed by atoms with Crippen LogP contribution in [-0.4, -0.2) is 39.9 Å². The van der Waals surface area contributed by atoms with Crippen LogP contribution in [0.3, 0.4) is 0 Å². The van der Waals surface area contributed by atoms with Crippen molar-refractivity contribution < 1.29 is 0 Å². The van der Waals surface area contributed by atoms with Gasteiger partial charge in [-0.15, -0.1) is 0 Å². The third-order valence-electron chi connectivity index (χ3n) is 8.08. The van der Waals surface area contributed by atoms with E-state index in [1.165, 1.54) is 0 Å². The summed E-state index contributed by atoms with van der Waals surface area (Å²) in [6, 6.07) is 16.6. The molecule has 5 heterocycles. The van der Waals surface area contributed by atoms with Gasteiger partial charge < -0.3 is 29.9 Å². The molecule has 2 atom stereocenters. The highest BCUT2D eigenvalue weighted by atomic mass is 15.0. The minimum Gasteiger partial charge on any atom is -0.329 e. The van der Waals surface area contributed by atoms with E-state index in [0.29, 0.717) is 0 Å². The molecule has 40 heavy (non-hydrogen) atoms. The first-order chi connectivity index (χ1) is 19.8. The minimum atomic E-state index is 0.0170. The first kappa shape index (κ1) is 21.4. The molecule has 2 aliphatic heterocycles. The molecule has 0 saturated carbocycles. The molecule has 2 aliphatic carbocycles. The molecule has 8 heteroatoms. The average molecular weight is 521 g/mol.